The van der Waals surface area contributed by atoms with Crippen molar-refractivity contribution in [3.05, 3.63) is 59.7 Å². The number of hydrogen-bond donors (Lipinski definition) is 0. The van der Waals surface area contributed by atoms with Crippen molar-refractivity contribution in [2.45, 2.75) is 40.0 Å². The minimum atomic E-state index is 0.183. The Morgan fingerprint density at radius 2 is 1.43 bits per heavy atom. The van der Waals surface area contributed by atoms with Crippen molar-refractivity contribution < 1.29 is 0 Å². The molecule has 0 aliphatic carbocycles. The Morgan fingerprint density at radius 3 is 1.91 bits per heavy atom. The molecule has 0 aliphatic heterocycles. The second kappa shape index (κ2) is 7.45. The zero-order valence-electron chi connectivity index (χ0n) is 15.0. The van der Waals surface area contributed by atoms with Crippen LogP contribution in [0.4, 0.5) is 11.4 Å². The molecule has 2 nitrogen and oxygen atoms in total. The minimum absolute atomic E-state index is 0.183. The maximum atomic E-state index is 4.58. The van der Waals surface area contributed by atoms with Gasteiger partial charge in [-0.2, -0.15) is 0 Å². The van der Waals surface area contributed by atoms with Crippen LogP contribution in [0, 0.1) is 0 Å². The van der Waals surface area contributed by atoms with Gasteiger partial charge < -0.3 is 4.90 Å². The third-order valence-electron chi connectivity index (χ3n) is 4.12. The van der Waals surface area contributed by atoms with Crippen molar-refractivity contribution in [2.75, 3.05) is 18.0 Å². The summed E-state index contributed by atoms with van der Waals surface area (Å²) in [5.41, 5.74) is 4.90. The van der Waals surface area contributed by atoms with Crippen molar-refractivity contribution in [3.63, 3.8) is 0 Å². The van der Waals surface area contributed by atoms with Crippen LogP contribution < -0.4 is 4.90 Å². The molecule has 0 radical (unpaired) electrons. The molecule has 0 aromatic heterocycles. The predicted molar refractivity (Wildman–Crippen MR) is 102 cm³/mol. The van der Waals surface area contributed by atoms with Crippen LogP contribution in [0.25, 0.3) is 0 Å². The van der Waals surface area contributed by atoms with E-state index < -0.39 is 0 Å². The van der Waals surface area contributed by atoms with E-state index in [4.69, 9.17) is 0 Å². The monoisotopic (exact) mass is 308 g/mol. The third kappa shape index (κ3) is 4.69. The van der Waals surface area contributed by atoms with Crippen molar-refractivity contribution >= 4 is 17.6 Å². The fraction of sp³-hybridized carbons (Fsp3) is 0.381. The van der Waals surface area contributed by atoms with Gasteiger partial charge in [-0.1, -0.05) is 45.0 Å². The molecular formula is C21H28N2. The summed E-state index contributed by atoms with van der Waals surface area (Å²) in [4.78, 5) is 6.92. The number of anilines is 1. The van der Waals surface area contributed by atoms with Gasteiger partial charge in [-0.25, -0.2) is 0 Å². The van der Waals surface area contributed by atoms with E-state index in [0.29, 0.717) is 0 Å². The van der Waals surface area contributed by atoms with Crippen molar-refractivity contribution in [1.29, 1.82) is 0 Å². The quantitative estimate of drug-likeness (QED) is 0.658. The van der Waals surface area contributed by atoms with E-state index in [1.807, 2.05) is 6.21 Å². The number of aliphatic imine (C=N–C) groups is 1. The Hall–Kier alpha value is -2.09. The molecule has 0 fully saturated rings. The molecular weight excluding hydrogens is 280 g/mol. The van der Waals surface area contributed by atoms with E-state index in [2.05, 4.69) is 93.0 Å². The van der Waals surface area contributed by atoms with Crippen LogP contribution in [-0.4, -0.2) is 19.3 Å². The third-order valence-corrected chi connectivity index (χ3v) is 4.12. The zero-order valence-corrected chi connectivity index (χ0v) is 15.0. The lowest BCUT2D eigenvalue weighted by atomic mass is 9.87. The first-order chi connectivity index (χ1) is 10.9. The Balaban J connectivity index is 2.08. The highest BCUT2D eigenvalue weighted by molar-refractivity contribution is 5.82. The number of hydrogen-bond acceptors (Lipinski definition) is 2. The lowest BCUT2D eigenvalue weighted by molar-refractivity contribution is 0.590. The Kier molecular flexibility index (Phi) is 5.59. The summed E-state index contributed by atoms with van der Waals surface area (Å²) in [7, 11) is 0. The van der Waals surface area contributed by atoms with E-state index in [9.17, 15) is 0 Å². The molecule has 2 aromatic rings. The summed E-state index contributed by atoms with van der Waals surface area (Å²) in [5, 5.41) is 0. The molecule has 0 N–H and O–H groups in total. The van der Waals surface area contributed by atoms with Gasteiger partial charge in [-0.05, 0) is 54.7 Å². The molecule has 0 heterocycles. The van der Waals surface area contributed by atoms with Crippen LogP contribution in [0.5, 0.6) is 0 Å². The number of benzene rings is 2. The summed E-state index contributed by atoms with van der Waals surface area (Å²) >= 11 is 0. The normalized spacial score (nSPS) is 11.9. The Morgan fingerprint density at radius 1 is 0.870 bits per heavy atom. The van der Waals surface area contributed by atoms with Crippen LogP contribution in [0.15, 0.2) is 53.5 Å². The fourth-order valence-electron chi connectivity index (χ4n) is 2.56. The Bertz CT molecular complexity index is 627. The van der Waals surface area contributed by atoms with Crippen molar-refractivity contribution in [3.8, 4) is 0 Å². The van der Waals surface area contributed by atoms with Gasteiger partial charge in [-0.15, -0.1) is 0 Å². The highest BCUT2D eigenvalue weighted by Gasteiger charge is 2.12. The topological polar surface area (TPSA) is 15.6 Å². The van der Waals surface area contributed by atoms with Gasteiger partial charge >= 0.3 is 0 Å². The maximum absolute atomic E-state index is 4.58. The van der Waals surface area contributed by atoms with E-state index in [0.717, 1.165) is 24.3 Å². The molecule has 0 bridgehead atoms. The molecule has 0 amide bonds. The minimum Gasteiger partial charge on any atom is -0.372 e. The SMILES string of the molecule is CCN(CC)c1ccc(C=Nc2ccc(C(C)(C)C)cc2)cc1. The highest BCUT2D eigenvalue weighted by Crippen LogP contribution is 2.24. The van der Waals surface area contributed by atoms with Crippen LogP contribution in [0.2, 0.25) is 0 Å². The first-order valence-corrected chi connectivity index (χ1v) is 8.43. The molecule has 0 atom stereocenters. The summed E-state index contributed by atoms with van der Waals surface area (Å²) in [6.07, 6.45) is 1.93. The van der Waals surface area contributed by atoms with Gasteiger partial charge in [0, 0.05) is 25.0 Å². The average Bonchev–Trinajstić information content (AvgIpc) is 2.55. The van der Waals surface area contributed by atoms with Crippen LogP contribution in [0.1, 0.15) is 45.7 Å². The van der Waals surface area contributed by atoms with Gasteiger partial charge in [0.2, 0.25) is 0 Å². The molecule has 23 heavy (non-hydrogen) atoms. The van der Waals surface area contributed by atoms with Gasteiger partial charge in [0.15, 0.2) is 0 Å². The number of rotatable bonds is 5. The summed E-state index contributed by atoms with van der Waals surface area (Å²) in [6.45, 7) is 13.1. The van der Waals surface area contributed by atoms with E-state index >= 15 is 0 Å². The number of nitrogens with zero attached hydrogens (tertiary/aromatic N) is 2. The molecule has 0 saturated carbocycles. The maximum Gasteiger partial charge on any atom is 0.0630 e. The first kappa shape index (κ1) is 17.3. The lowest BCUT2D eigenvalue weighted by Gasteiger charge is -2.20. The molecule has 0 saturated heterocycles. The lowest BCUT2D eigenvalue weighted by Crippen LogP contribution is -2.21. The first-order valence-electron chi connectivity index (χ1n) is 8.43. The molecule has 2 aromatic carbocycles. The molecule has 0 aliphatic rings. The van der Waals surface area contributed by atoms with E-state index in [1.165, 1.54) is 11.3 Å². The smallest absolute Gasteiger partial charge is 0.0630 e. The molecule has 0 spiro atoms. The van der Waals surface area contributed by atoms with Gasteiger partial charge in [0.25, 0.3) is 0 Å². The molecule has 2 heteroatoms. The molecule has 0 unspecified atom stereocenters. The van der Waals surface area contributed by atoms with Crippen LogP contribution in [0.3, 0.4) is 0 Å². The second-order valence-corrected chi connectivity index (χ2v) is 6.82. The summed E-state index contributed by atoms with van der Waals surface area (Å²) in [6, 6.07) is 17.1. The van der Waals surface area contributed by atoms with Crippen molar-refractivity contribution in [1.82, 2.24) is 0 Å². The van der Waals surface area contributed by atoms with Crippen LogP contribution >= 0.6 is 0 Å². The zero-order chi connectivity index (χ0) is 16.9. The summed E-state index contributed by atoms with van der Waals surface area (Å²) < 4.78 is 0. The van der Waals surface area contributed by atoms with Crippen LogP contribution in [-0.2, 0) is 5.41 Å². The van der Waals surface area contributed by atoms with Gasteiger partial charge in [0.05, 0.1) is 5.69 Å². The van der Waals surface area contributed by atoms with Gasteiger partial charge in [0.1, 0.15) is 0 Å². The summed E-state index contributed by atoms with van der Waals surface area (Å²) in [5.74, 6) is 0. The fourth-order valence-corrected chi connectivity index (χ4v) is 2.56. The van der Waals surface area contributed by atoms with Gasteiger partial charge in [-0.3, -0.25) is 4.99 Å². The standard InChI is InChI=1S/C21H28N2/c1-6-23(7-2)20-14-8-17(9-15-20)16-22-19-12-10-18(11-13-19)21(3,4)5/h8-16H,6-7H2,1-5H3. The Labute approximate surface area is 140 Å². The van der Waals surface area contributed by atoms with E-state index in [1.54, 1.807) is 0 Å². The molecule has 2 rings (SSSR count). The largest absolute Gasteiger partial charge is 0.372 e. The average molecular weight is 308 g/mol. The predicted octanol–water partition coefficient (Wildman–Crippen LogP) is 5.58. The second-order valence-electron chi connectivity index (χ2n) is 6.82. The van der Waals surface area contributed by atoms with Crippen molar-refractivity contribution in [2.24, 2.45) is 4.99 Å². The van der Waals surface area contributed by atoms with E-state index in [-0.39, 0.29) is 5.41 Å². The highest BCUT2D eigenvalue weighted by atomic mass is 15.1. The molecule has 122 valence electrons.